The number of nitrogens with zero attached hydrogens (tertiary/aromatic N) is 1. The van der Waals surface area contributed by atoms with Gasteiger partial charge in [-0.2, -0.15) is 0 Å². The molecule has 2 amide bonds. The third-order valence-electron chi connectivity index (χ3n) is 5.94. The van der Waals surface area contributed by atoms with E-state index in [1.165, 1.54) is 29.3 Å². The fraction of sp³-hybridized carbons (Fsp3) is 0.417. The molecule has 1 N–H and O–H groups in total. The Bertz CT molecular complexity index is 877. The van der Waals surface area contributed by atoms with Crippen LogP contribution in [0.15, 0.2) is 53.4 Å². The molecular weight excluding hydrogens is 380 g/mol. The van der Waals surface area contributed by atoms with Gasteiger partial charge in [0.15, 0.2) is 0 Å². The fourth-order valence-corrected chi connectivity index (χ4v) is 5.31. The summed E-state index contributed by atoms with van der Waals surface area (Å²) in [5.41, 5.74) is 3.45. The number of amides is 2. The average Bonchev–Trinajstić information content (AvgIpc) is 3.31. The monoisotopic (exact) mass is 408 g/mol. The number of benzene rings is 2. The summed E-state index contributed by atoms with van der Waals surface area (Å²) in [6, 6.07) is 16.2. The maximum absolute atomic E-state index is 12.9. The lowest BCUT2D eigenvalue weighted by molar-refractivity contribution is -0.127. The van der Waals surface area contributed by atoms with E-state index in [2.05, 4.69) is 29.6 Å². The van der Waals surface area contributed by atoms with E-state index >= 15 is 0 Å². The summed E-state index contributed by atoms with van der Waals surface area (Å²) in [7, 11) is 0. The Hall–Kier alpha value is -2.27. The number of carbonyl (C=O) groups excluding carboxylic acids is 2. The molecule has 0 aromatic heterocycles. The lowest BCUT2D eigenvalue weighted by Gasteiger charge is -2.25. The van der Waals surface area contributed by atoms with Gasteiger partial charge in [-0.1, -0.05) is 36.4 Å². The van der Waals surface area contributed by atoms with Gasteiger partial charge in [0.2, 0.25) is 5.91 Å². The van der Waals surface area contributed by atoms with Crippen LogP contribution in [-0.4, -0.2) is 42.1 Å². The Kier molecular flexibility index (Phi) is 6.55. The first-order valence-corrected chi connectivity index (χ1v) is 11.6. The SMILES string of the molecule is O=C(NC[C@@H]1CCCc2ccccc21)c1ccccc1SCC(=O)N1CCCC1. The van der Waals surface area contributed by atoms with Gasteiger partial charge >= 0.3 is 0 Å². The van der Waals surface area contributed by atoms with Crippen LogP contribution < -0.4 is 5.32 Å². The number of likely N-dealkylation sites (tertiary alicyclic amines) is 1. The first-order valence-electron chi connectivity index (χ1n) is 10.6. The summed E-state index contributed by atoms with van der Waals surface area (Å²) in [4.78, 5) is 28.1. The topological polar surface area (TPSA) is 49.4 Å². The highest BCUT2D eigenvalue weighted by Gasteiger charge is 2.22. The Balaban J connectivity index is 1.37. The van der Waals surface area contributed by atoms with Crippen molar-refractivity contribution in [3.63, 3.8) is 0 Å². The summed E-state index contributed by atoms with van der Waals surface area (Å²) in [5, 5.41) is 3.15. The van der Waals surface area contributed by atoms with Gasteiger partial charge < -0.3 is 10.2 Å². The number of hydrogen-bond acceptors (Lipinski definition) is 3. The Labute approximate surface area is 177 Å². The summed E-state index contributed by atoms with van der Waals surface area (Å²) in [6.07, 6.45) is 5.60. The molecule has 5 heteroatoms. The van der Waals surface area contributed by atoms with Crippen molar-refractivity contribution in [2.75, 3.05) is 25.4 Å². The lowest BCUT2D eigenvalue weighted by Crippen LogP contribution is -2.30. The van der Waals surface area contributed by atoms with Gasteiger partial charge in [0.25, 0.3) is 5.91 Å². The molecule has 1 aliphatic carbocycles. The van der Waals surface area contributed by atoms with Crippen LogP contribution in [0.2, 0.25) is 0 Å². The van der Waals surface area contributed by atoms with Gasteiger partial charge in [0.1, 0.15) is 0 Å². The van der Waals surface area contributed by atoms with Crippen molar-refractivity contribution < 1.29 is 9.59 Å². The molecule has 4 nitrogen and oxygen atoms in total. The molecule has 2 aromatic carbocycles. The molecular formula is C24H28N2O2S. The summed E-state index contributed by atoms with van der Waals surface area (Å²) >= 11 is 1.47. The molecule has 1 fully saturated rings. The minimum absolute atomic E-state index is 0.0511. The zero-order valence-electron chi connectivity index (χ0n) is 16.7. The molecule has 1 aliphatic heterocycles. The number of nitrogens with one attached hydrogen (secondary N) is 1. The quantitative estimate of drug-likeness (QED) is 0.727. The summed E-state index contributed by atoms with van der Waals surface area (Å²) in [5.74, 6) is 0.882. The minimum Gasteiger partial charge on any atom is -0.351 e. The highest BCUT2D eigenvalue weighted by atomic mass is 32.2. The van der Waals surface area contributed by atoms with Gasteiger partial charge in [-0.15, -0.1) is 11.8 Å². The normalized spacial score (nSPS) is 18.3. The highest BCUT2D eigenvalue weighted by Crippen LogP contribution is 2.31. The molecule has 0 bridgehead atoms. The number of hydrogen-bond donors (Lipinski definition) is 1. The largest absolute Gasteiger partial charge is 0.351 e. The van der Waals surface area contributed by atoms with Crippen LogP contribution in [-0.2, 0) is 11.2 Å². The Morgan fingerprint density at radius 2 is 1.76 bits per heavy atom. The van der Waals surface area contributed by atoms with Crippen LogP contribution in [0, 0.1) is 0 Å². The first-order chi connectivity index (χ1) is 14.2. The number of carbonyl (C=O) groups is 2. The average molecular weight is 409 g/mol. The van der Waals surface area contributed by atoms with E-state index < -0.39 is 0 Å². The maximum Gasteiger partial charge on any atom is 0.252 e. The van der Waals surface area contributed by atoms with E-state index in [1.54, 1.807) is 0 Å². The number of aryl methyl sites for hydroxylation is 1. The highest BCUT2D eigenvalue weighted by molar-refractivity contribution is 8.00. The maximum atomic E-state index is 12.9. The Morgan fingerprint density at radius 3 is 2.62 bits per heavy atom. The van der Waals surface area contributed by atoms with Crippen molar-refractivity contribution >= 4 is 23.6 Å². The van der Waals surface area contributed by atoms with Crippen LogP contribution >= 0.6 is 11.8 Å². The van der Waals surface area contributed by atoms with Crippen molar-refractivity contribution in [1.82, 2.24) is 10.2 Å². The van der Waals surface area contributed by atoms with Crippen LogP contribution in [0.3, 0.4) is 0 Å². The molecule has 0 radical (unpaired) electrons. The summed E-state index contributed by atoms with van der Waals surface area (Å²) in [6.45, 7) is 2.39. The van der Waals surface area contributed by atoms with E-state index in [0.717, 1.165) is 43.7 Å². The smallest absolute Gasteiger partial charge is 0.252 e. The van der Waals surface area contributed by atoms with Crippen molar-refractivity contribution in [1.29, 1.82) is 0 Å². The fourth-order valence-electron chi connectivity index (χ4n) is 4.36. The molecule has 29 heavy (non-hydrogen) atoms. The molecule has 1 atom stereocenters. The molecule has 152 valence electrons. The third-order valence-corrected chi connectivity index (χ3v) is 7.00. The van der Waals surface area contributed by atoms with Crippen LogP contribution in [0.1, 0.15) is 53.1 Å². The second-order valence-electron chi connectivity index (χ2n) is 7.87. The number of fused-ring (bicyclic) bond motifs is 1. The zero-order valence-corrected chi connectivity index (χ0v) is 17.5. The lowest BCUT2D eigenvalue weighted by atomic mass is 9.83. The number of thioether (sulfide) groups is 1. The molecule has 4 rings (SSSR count). The minimum atomic E-state index is -0.0511. The van der Waals surface area contributed by atoms with Crippen molar-refractivity contribution in [2.24, 2.45) is 0 Å². The first kappa shape index (κ1) is 20.0. The van der Waals surface area contributed by atoms with E-state index in [4.69, 9.17) is 0 Å². The third kappa shape index (κ3) is 4.84. The van der Waals surface area contributed by atoms with Crippen LogP contribution in [0.4, 0.5) is 0 Å². The molecule has 1 heterocycles. The van der Waals surface area contributed by atoms with Gasteiger partial charge in [-0.05, 0) is 55.4 Å². The van der Waals surface area contributed by atoms with Crippen molar-refractivity contribution in [3.8, 4) is 0 Å². The summed E-state index contributed by atoms with van der Waals surface area (Å²) < 4.78 is 0. The van der Waals surface area contributed by atoms with E-state index in [-0.39, 0.29) is 11.8 Å². The van der Waals surface area contributed by atoms with Crippen molar-refractivity contribution in [3.05, 3.63) is 65.2 Å². The van der Waals surface area contributed by atoms with E-state index in [9.17, 15) is 9.59 Å². The van der Waals surface area contributed by atoms with E-state index in [1.807, 2.05) is 29.2 Å². The van der Waals surface area contributed by atoms with E-state index in [0.29, 0.717) is 23.8 Å². The van der Waals surface area contributed by atoms with Gasteiger partial charge in [-0.25, -0.2) is 0 Å². The Morgan fingerprint density at radius 1 is 1.00 bits per heavy atom. The molecule has 2 aliphatic rings. The second-order valence-corrected chi connectivity index (χ2v) is 8.89. The standard InChI is InChI=1S/C24H28N2O2S/c27-23(26-14-5-6-15-26)17-29-22-13-4-3-12-21(22)24(28)25-16-19-10-7-9-18-8-1-2-11-20(18)19/h1-4,8,11-13,19H,5-7,9-10,14-17H2,(H,25,28)/t19-/m0/s1. The molecule has 2 aromatic rings. The molecule has 1 saturated heterocycles. The zero-order chi connectivity index (χ0) is 20.1. The molecule has 0 unspecified atom stereocenters. The molecule has 0 saturated carbocycles. The molecule has 0 spiro atoms. The van der Waals surface area contributed by atoms with Gasteiger partial charge in [0, 0.05) is 30.4 Å². The second kappa shape index (κ2) is 9.49. The van der Waals surface area contributed by atoms with Crippen LogP contribution in [0.5, 0.6) is 0 Å². The van der Waals surface area contributed by atoms with Crippen molar-refractivity contribution in [2.45, 2.75) is 42.9 Å². The predicted octanol–water partition coefficient (Wildman–Crippen LogP) is 4.25. The predicted molar refractivity (Wildman–Crippen MR) is 117 cm³/mol. The van der Waals surface area contributed by atoms with Gasteiger partial charge in [-0.3, -0.25) is 9.59 Å². The van der Waals surface area contributed by atoms with Crippen LogP contribution in [0.25, 0.3) is 0 Å². The van der Waals surface area contributed by atoms with Gasteiger partial charge in [0.05, 0.1) is 11.3 Å². The number of rotatable bonds is 6.